The first-order valence-electron chi connectivity index (χ1n) is 7.24. The molecule has 23 heavy (non-hydrogen) atoms. The third kappa shape index (κ3) is 5.64. The maximum atomic E-state index is 14.2. The van der Waals surface area contributed by atoms with Crippen LogP contribution in [0.1, 0.15) is 44.2 Å². The predicted octanol–water partition coefficient (Wildman–Crippen LogP) is 7.81. The number of allylic oxidation sites excluding steroid dienone is 3. The van der Waals surface area contributed by atoms with E-state index in [1.165, 1.54) is 6.08 Å². The van der Waals surface area contributed by atoms with Gasteiger partial charge in [-0.05, 0) is 37.3 Å². The molecule has 0 saturated heterocycles. The second-order valence-corrected chi connectivity index (χ2v) is 7.57. The third-order valence-corrected chi connectivity index (χ3v) is 4.35. The Labute approximate surface area is 132 Å². The second-order valence-electron chi connectivity index (χ2n) is 5.22. The van der Waals surface area contributed by atoms with Gasteiger partial charge in [0.2, 0.25) is 0 Å². The minimum Gasteiger partial charge on any atom is -0.205 e. The smallest absolute Gasteiger partial charge is 0.205 e. The lowest BCUT2D eigenvalue weighted by Gasteiger charge is -2.41. The van der Waals surface area contributed by atoms with Crippen molar-refractivity contribution in [2.24, 2.45) is 0 Å². The molecular formula is C16H20F6S. The minimum atomic E-state index is -10.1. The molecule has 0 nitrogen and oxygen atoms in total. The van der Waals surface area contributed by atoms with Crippen LogP contribution in [0.3, 0.4) is 0 Å². The summed E-state index contributed by atoms with van der Waals surface area (Å²) in [4.78, 5) is -2.41. The summed E-state index contributed by atoms with van der Waals surface area (Å²) in [5.41, 5.74) is -1.19. The van der Waals surface area contributed by atoms with E-state index in [2.05, 4.69) is 0 Å². The summed E-state index contributed by atoms with van der Waals surface area (Å²) < 4.78 is 80.5. The molecule has 0 radical (unpaired) electrons. The van der Waals surface area contributed by atoms with E-state index in [0.29, 0.717) is 12.8 Å². The van der Waals surface area contributed by atoms with Gasteiger partial charge < -0.3 is 0 Å². The summed E-state index contributed by atoms with van der Waals surface area (Å²) in [6.45, 7) is 3.50. The molecule has 0 aliphatic rings. The summed E-state index contributed by atoms with van der Waals surface area (Å²) in [6, 6.07) is 2.05. The second kappa shape index (κ2) is 6.26. The summed E-state index contributed by atoms with van der Waals surface area (Å²) in [7, 11) is -10.1. The minimum absolute atomic E-state index is 0.0734. The molecule has 1 rings (SSSR count). The number of aryl methyl sites for hydroxylation is 1. The largest absolute Gasteiger partial charge is 0.313 e. The molecule has 0 unspecified atom stereocenters. The van der Waals surface area contributed by atoms with Gasteiger partial charge in [-0.15, -0.1) is 0 Å². The van der Waals surface area contributed by atoms with Gasteiger partial charge in [-0.3, -0.25) is 0 Å². The van der Waals surface area contributed by atoms with Crippen molar-refractivity contribution in [3.8, 4) is 0 Å². The number of hydrogen-bond acceptors (Lipinski definition) is 0. The van der Waals surface area contributed by atoms with Crippen LogP contribution >= 0.6 is 10.2 Å². The van der Waals surface area contributed by atoms with Crippen LogP contribution in [0.5, 0.6) is 0 Å². The van der Waals surface area contributed by atoms with Crippen LogP contribution in [0, 0.1) is 5.82 Å². The summed E-state index contributed by atoms with van der Waals surface area (Å²) in [5.74, 6) is -1.87. The van der Waals surface area contributed by atoms with Gasteiger partial charge in [0, 0.05) is 0 Å². The summed E-state index contributed by atoms with van der Waals surface area (Å²) in [5, 5.41) is 0. The van der Waals surface area contributed by atoms with E-state index in [-0.39, 0.29) is 18.4 Å². The van der Waals surface area contributed by atoms with E-state index in [4.69, 9.17) is 0 Å². The van der Waals surface area contributed by atoms with Gasteiger partial charge in [-0.25, -0.2) is 4.39 Å². The van der Waals surface area contributed by atoms with Crippen molar-refractivity contribution in [2.75, 3.05) is 0 Å². The Morgan fingerprint density at radius 3 is 2.17 bits per heavy atom. The number of unbranched alkanes of at least 4 members (excludes halogenated alkanes) is 1. The first kappa shape index (κ1) is 19.7. The van der Waals surface area contributed by atoms with E-state index in [0.717, 1.165) is 18.2 Å². The van der Waals surface area contributed by atoms with Gasteiger partial charge in [0.1, 0.15) is 10.7 Å². The fourth-order valence-electron chi connectivity index (χ4n) is 2.11. The number of benzene rings is 1. The Kier molecular flexibility index (Phi) is 5.36. The van der Waals surface area contributed by atoms with Gasteiger partial charge in [0.15, 0.2) is 0 Å². The third-order valence-electron chi connectivity index (χ3n) is 3.16. The van der Waals surface area contributed by atoms with Crippen molar-refractivity contribution in [1.29, 1.82) is 0 Å². The highest BCUT2D eigenvalue weighted by atomic mass is 32.5. The number of halogens is 6. The van der Waals surface area contributed by atoms with Gasteiger partial charge in [0.05, 0.1) is 0 Å². The normalized spacial score (nSPS) is 16.0. The molecule has 0 bridgehead atoms. The molecule has 0 fully saturated rings. The fourth-order valence-corrected chi connectivity index (χ4v) is 3.16. The van der Waals surface area contributed by atoms with Gasteiger partial charge >= 0.3 is 10.2 Å². The van der Waals surface area contributed by atoms with Crippen LogP contribution in [0.2, 0.25) is 0 Å². The van der Waals surface area contributed by atoms with E-state index in [1.807, 2.05) is 0 Å². The van der Waals surface area contributed by atoms with Crippen LogP contribution in [-0.2, 0) is 6.42 Å². The van der Waals surface area contributed by atoms with Gasteiger partial charge in [0.25, 0.3) is 0 Å². The van der Waals surface area contributed by atoms with Crippen molar-refractivity contribution >= 4 is 16.3 Å². The maximum absolute atomic E-state index is 14.2. The number of rotatable bonds is 7. The SMILES string of the molecule is C/C=C/CCc1ccc(/C=C/CCC)c(S(F)(F)(F)(F)F)c1F. The van der Waals surface area contributed by atoms with E-state index < -0.39 is 26.5 Å². The lowest BCUT2D eigenvalue weighted by atomic mass is 10.1. The van der Waals surface area contributed by atoms with Gasteiger partial charge in [-0.2, -0.15) is 0 Å². The Morgan fingerprint density at radius 2 is 1.65 bits per heavy atom. The van der Waals surface area contributed by atoms with Gasteiger partial charge in [-0.1, -0.05) is 69.2 Å². The van der Waals surface area contributed by atoms with Crippen LogP contribution in [0.15, 0.2) is 35.3 Å². The molecule has 0 aromatic heterocycles. The first-order chi connectivity index (χ1) is 10.4. The highest BCUT2D eigenvalue weighted by molar-refractivity contribution is 8.45. The quantitative estimate of drug-likeness (QED) is 0.344. The topological polar surface area (TPSA) is 0 Å². The monoisotopic (exact) mass is 358 g/mol. The molecule has 1 aromatic carbocycles. The van der Waals surface area contributed by atoms with E-state index in [1.54, 1.807) is 26.0 Å². The molecule has 1 aromatic rings. The Morgan fingerprint density at radius 1 is 1.00 bits per heavy atom. The number of hydrogen-bond donors (Lipinski definition) is 0. The molecule has 0 spiro atoms. The summed E-state index contributed by atoms with van der Waals surface area (Å²) in [6.07, 6.45) is 6.81. The lowest BCUT2D eigenvalue weighted by Crippen LogP contribution is -2.12. The molecule has 0 atom stereocenters. The molecule has 0 aliphatic heterocycles. The zero-order chi connectivity index (χ0) is 17.8. The Bertz CT molecular complexity index is 613. The highest BCUT2D eigenvalue weighted by Gasteiger charge is 2.68. The van der Waals surface area contributed by atoms with Crippen molar-refractivity contribution in [1.82, 2.24) is 0 Å². The van der Waals surface area contributed by atoms with Crippen LogP contribution in [0.25, 0.3) is 6.08 Å². The fraction of sp³-hybridized carbons (Fsp3) is 0.375. The molecule has 0 N–H and O–H groups in total. The average molecular weight is 358 g/mol. The van der Waals surface area contributed by atoms with Crippen LogP contribution < -0.4 is 0 Å². The zero-order valence-corrected chi connectivity index (χ0v) is 13.8. The first-order valence-corrected chi connectivity index (χ1v) is 9.19. The van der Waals surface area contributed by atoms with E-state index >= 15 is 0 Å². The molecule has 0 heterocycles. The molecule has 0 saturated carbocycles. The maximum Gasteiger partial charge on any atom is 0.313 e. The van der Waals surface area contributed by atoms with Crippen molar-refractivity contribution in [3.05, 3.63) is 47.3 Å². The van der Waals surface area contributed by atoms with E-state index in [9.17, 15) is 23.8 Å². The van der Waals surface area contributed by atoms with Crippen LogP contribution in [0.4, 0.5) is 23.8 Å². The molecule has 7 heteroatoms. The van der Waals surface area contributed by atoms with Crippen molar-refractivity contribution < 1.29 is 23.8 Å². The lowest BCUT2D eigenvalue weighted by molar-refractivity contribution is 0.354. The standard InChI is InChI=1S/C16H20F6S/c1-3-5-7-9-13-11-12-14(10-8-6-4-2)16(15(13)17)23(18,19,20,21)22/h3,5,8,10-12H,4,6-7,9H2,1-2H3/b5-3+,10-8+. The Balaban J connectivity index is 3.48. The molecular weight excluding hydrogens is 338 g/mol. The molecule has 0 amide bonds. The molecule has 0 aliphatic carbocycles. The van der Waals surface area contributed by atoms with Crippen molar-refractivity contribution in [3.63, 3.8) is 0 Å². The average Bonchev–Trinajstić information content (AvgIpc) is 2.38. The van der Waals surface area contributed by atoms with Crippen LogP contribution in [-0.4, -0.2) is 0 Å². The van der Waals surface area contributed by atoms with Crippen molar-refractivity contribution in [2.45, 2.75) is 44.4 Å². The highest BCUT2D eigenvalue weighted by Crippen LogP contribution is 3.02. The predicted molar refractivity (Wildman–Crippen MR) is 84.9 cm³/mol. The Hall–Kier alpha value is -1.37. The zero-order valence-electron chi connectivity index (χ0n) is 13.0. The summed E-state index contributed by atoms with van der Waals surface area (Å²) >= 11 is 0. The molecule has 132 valence electrons.